The molecule has 0 saturated heterocycles. The molecule has 0 aliphatic carbocycles. The minimum atomic E-state index is -0.596. The maximum atomic E-state index is 13.5. The zero-order chi connectivity index (χ0) is 11.6. The summed E-state index contributed by atoms with van der Waals surface area (Å²) >= 11 is 3.29. The molecular formula is C11H15BrFNO. The van der Waals surface area contributed by atoms with Gasteiger partial charge in [0.2, 0.25) is 0 Å². The van der Waals surface area contributed by atoms with E-state index in [0.717, 1.165) is 4.47 Å². The second kappa shape index (κ2) is 4.60. The lowest BCUT2D eigenvalue weighted by atomic mass is 9.92. The quantitative estimate of drug-likeness (QED) is 0.921. The Kier molecular flexibility index (Phi) is 3.87. The number of ether oxygens (including phenoxy) is 1. The summed E-state index contributed by atoms with van der Waals surface area (Å²) in [6.07, 6.45) is 0. The van der Waals surface area contributed by atoms with Gasteiger partial charge in [0.05, 0.1) is 11.6 Å². The third kappa shape index (κ3) is 2.77. The SMILES string of the molecule is COC(C)(C)C(N)c1cc(Br)ccc1F. The van der Waals surface area contributed by atoms with Crippen molar-refractivity contribution < 1.29 is 9.13 Å². The van der Waals surface area contributed by atoms with E-state index in [0.29, 0.717) is 5.56 Å². The van der Waals surface area contributed by atoms with E-state index < -0.39 is 11.6 Å². The van der Waals surface area contributed by atoms with Crippen molar-refractivity contribution in [1.29, 1.82) is 0 Å². The molecule has 1 atom stereocenters. The van der Waals surface area contributed by atoms with Crippen LogP contribution >= 0.6 is 15.9 Å². The van der Waals surface area contributed by atoms with E-state index in [4.69, 9.17) is 10.5 Å². The van der Waals surface area contributed by atoms with Crippen molar-refractivity contribution in [2.75, 3.05) is 7.11 Å². The lowest BCUT2D eigenvalue weighted by Gasteiger charge is -2.30. The average Bonchev–Trinajstić information content (AvgIpc) is 2.20. The van der Waals surface area contributed by atoms with E-state index in [9.17, 15) is 4.39 Å². The molecule has 0 heterocycles. The Bertz CT molecular complexity index is 354. The predicted octanol–water partition coefficient (Wildman–Crippen LogP) is 3.01. The molecule has 1 aromatic carbocycles. The van der Waals surface area contributed by atoms with E-state index in [1.165, 1.54) is 6.07 Å². The van der Waals surface area contributed by atoms with E-state index in [1.807, 2.05) is 13.8 Å². The Balaban J connectivity index is 3.10. The molecule has 0 aromatic heterocycles. The van der Waals surface area contributed by atoms with Gasteiger partial charge in [-0.3, -0.25) is 0 Å². The molecule has 4 heteroatoms. The zero-order valence-electron chi connectivity index (χ0n) is 9.05. The van der Waals surface area contributed by atoms with Gasteiger partial charge in [-0.15, -0.1) is 0 Å². The van der Waals surface area contributed by atoms with Crippen molar-refractivity contribution in [3.63, 3.8) is 0 Å². The third-order valence-electron chi connectivity index (χ3n) is 2.57. The Morgan fingerprint density at radius 2 is 2.07 bits per heavy atom. The highest BCUT2D eigenvalue weighted by atomic mass is 79.9. The van der Waals surface area contributed by atoms with E-state index in [1.54, 1.807) is 19.2 Å². The summed E-state index contributed by atoms with van der Waals surface area (Å²) in [5.41, 5.74) is 5.83. The third-order valence-corrected chi connectivity index (χ3v) is 3.06. The van der Waals surface area contributed by atoms with Crippen molar-refractivity contribution in [2.45, 2.75) is 25.5 Å². The van der Waals surface area contributed by atoms with Gasteiger partial charge < -0.3 is 10.5 Å². The summed E-state index contributed by atoms with van der Waals surface area (Å²) in [5, 5.41) is 0. The average molecular weight is 276 g/mol. The number of rotatable bonds is 3. The smallest absolute Gasteiger partial charge is 0.128 e. The standard InChI is InChI=1S/C11H15BrFNO/c1-11(2,15-3)10(14)8-6-7(12)4-5-9(8)13/h4-6,10H,14H2,1-3H3. The normalized spacial score (nSPS) is 14.0. The van der Waals surface area contributed by atoms with Crippen LogP contribution in [-0.4, -0.2) is 12.7 Å². The van der Waals surface area contributed by atoms with Crippen LogP contribution in [0.3, 0.4) is 0 Å². The summed E-state index contributed by atoms with van der Waals surface area (Å²) < 4.78 is 19.6. The fourth-order valence-corrected chi connectivity index (χ4v) is 1.63. The molecule has 0 saturated carbocycles. The van der Waals surface area contributed by atoms with Crippen LogP contribution in [0.4, 0.5) is 4.39 Å². The molecule has 0 fully saturated rings. The van der Waals surface area contributed by atoms with Gasteiger partial charge in [-0.05, 0) is 32.0 Å². The number of hydrogen-bond donors (Lipinski definition) is 1. The molecule has 1 unspecified atom stereocenters. The molecule has 0 amide bonds. The summed E-state index contributed by atoms with van der Waals surface area (Å²) in [5.74, 6) is -0.309. The first kappa shape index (κ1) is 12.6. The van der Waals surface area contributed by atoms with E-state index >= 15 is 0 Å². The zero-order valence-corrected chi connectivity index (χ0v) is 10.6. The lowest BCUT2D eigenvalue weighted by Crippen LogP contribution is -2.37. The molecule has 0 spiro atoms. The van der Waals surface area contributed by atoms with Gasteiger partial charge in [-0.2, -0.15) is 0 Å². The molecule has 1 aromatic rings. The second-order valence-electron chi connectivity index (χ2n) is 3.95. The molecule has 84 valence electrons. The first-order valence-electron chi connectivity index (χ1n) is 4.64. The predicted molar refractivity (Wildman–Crippen MR) is 62.1 cm³/mol. The lowest BCUT2D eigenvalue weighted by molar-refractivity contribution is -0.000907. The van der Waals surface area contributed by atoms with Gasteiger partial charge in [0.15, 0.2) is 0 Å². The maximum Gasteiger partial charge on any atom is 0.128 e. The minimum Gasteiger partial charge on any atom is -0.377 e. The van der Waals surface area contributed by atoms with Gasteiger partial charge in [-0.25, -0.2) is 4.39 Å². The van der Waals surface area contributed by atoms with E-state index in [-0.39, 0.29) is 5.82 Å². The summed E-state index contributed by atoms with van der Waals surface area (Å²) in [7, 11) is 1.57. The monoisotopic (exact) mass is 275 g/mol. The number of methoxy groups -OCH3 is 1. The number of hydrogen-bond acceptors (Lipinski definition) is 2. The van der Waals surface area contributed by atoms with Crippen LogP contribution in [-0.2, 0) is 4.74 Å². The molecule has 0 radical (unpaired) electrons. The largest absolute Gasteiger partial charge is 0.377 e. The molecule has 0 aliphatic heterocycles. The van der Waals surface area contributed by atoms with Crippen molar-refractivity contribution in [2.24, 2.45) is 5.73 Å². The molecule has 1 rings (SSSR count). The Morgan fingerprint density at radius 1 is 1.47 bits per heavy atom. The topological polar surface area (TPSA) is 35.2 Å². The highest BCUT2D eigenvalue weighted by Crippen LogP contribution is 2.29. The molecule has 15 heavy (non-hydrogen) atoms. The second-order valence-corrected chi connectivity index (χ2v) is 4.87. The first-order chi connectivity index (χ1) is 6.88. The summed E-state index contributed by atoms with van der Waals surface area (Å²) in [6.45, 7) is 3.66. The summed E-state index contributed by atoms with van der Waals surface area (Å²) in [6, 6.07) is 4.22. The number of nitrogens with two attached hydrogens (primary N) is 1. The molecule has 0 bridgehead atoms. The van der Waals surface area contributed by atoms with Crippen LogP contribution in [0.25, 0.3) is 0 Å². The van der Waals surface area contributed by atoms with E-state index in [2.05, 4.69) is 15.9 Å². The highest BCUT2D eigenvalue weighted by Gasteiger charge is 2.29. The van der Waals surface area contributed by atoms with Crippen molar-refractivity contribution in [3.05, 3.63) is 34.1 Å². The van der Waals surface area contributed by atoms with Gasteiger partial charge in [0.25, 0.3) is 0 Å². The van der Waals surface area contributed by atoms with Gasteiger partial charge in [0.1, 0.15) is 5.82 Å². The first-order valence-corrected chi connectivity index (χ1v) is 5.43. The van der Waals surface area contributed by atoms with Gasteiger partial charge >= 0.3 is 0 Å². The number of benzene rings is 1. The Morgan fingerprint density at radius 3 is 2.60 bits per heavy atom. The summed E-state index contributed by atoms with van der Waals surface area (Å²) in [4.78, 5) is 0. The van der Waals surface area contributed by atoms with Crippen molar-refractivity contribution in [1.82, 2.24) is 0 Å². The molecule has 2 nitrogen and oxygen atoms in total. The fourth-order valence-electron chi connectivity index (χ4n) is 1.25. The van der Waals surface area contributed by atoms with Crippen LogP contribution in [0.1, 0.15) is 25.5 Å². The maximum absolute atomic E-state index is 13.5. The Labute approximate surface area is 97.7 Å². The number of halogens is 2. The van der Waals surface area contributed by atoms with Crippen LogP contribution in [0.5, 0.6) is 0 Å². The molecule has 0 aliphatic rings. The fraction of sp³-hybridized carbons (Fsp3) is 0.455. The van der Waals surface area contributed by atoms with Crippen LogP contribution in [0.2, 0.25) is 0 Å². The molecular weight excluding hydrogens is 261 g/mol. The van der Waals surface area contributed by atoms with Crippen LogP contribution in [0, 0.1) is 5.82 Å². The molecule has 2 N–H and O–H groups in total. The van der Waals surface area contributed by atoms with Crippen LogP contribution in [0.15, 0.2) is 22.7 Å². The minimum absolute atomic E-state index is 0.309. The van der Waals surface area contributed by atoms with Crippen molar-refractivity contribution >= 4 is 15.9 Å². The van der Waals surface area contributed by atoms with Crippen LogP contribution < -0.4 is 5.73 Å². The Hall–Kier alpha value is -0.450. The highest BCUT2D eigenvalue weighted by molar-refractivity contribution is 9.10. The van der Waals surface area contributed by atoms with Crippen molar-refractivity contribution in [3.8, 4) is 0 Å². The van der Waals surface area contributed by atoms with Gasteiger partial charge in [-0.1, -0.05) is 15.9 Å². The van der Waals surface area contributed by atoms with Gasteiger partial charge in [0, 0.05) is 17.1 Å².